The van der Waals surface area contributed by atoms with Crippen LogP contribution >= 0.6 is 11.3 Å². The fraction of sp³-hybridized carbons (Fsp3) is 0.308. The molecule has 0 amide bonds. The van der Waals surface area contributed by atoms with Gasteiger partial charge < -0.3 is 14.4 Å². The van der Waals surface area contributed by atoms with Gasteiger partial charge in [-0.25, -0.2) is 4.79 Å². The summed E-state index contributed by atoms with van der Waals surface area (Å²) >= 11 is 1.56. The number of ether oxygens (including phenoxy) is 1. The molecule has 0 saturated heterocycles. The number of aliphatic hydroxyl groups excluding tert-OH is 1. The van der Waals surface area contributed by atoms with Crippen molar-refractivity contribution in [3.8, 4) is 5.00 Å². The van der Waals surface area contributed by atoms with E-state index in [0.29, 0.717) is 5.56 Å². The summed E-state index contributed by atoms with van der Waals surface area (Å²) < 4.78 is 6.92. The smallest absolute Gasteiger partial charge is 0.341 e. The monoisotopic (exact) mass is 265 g/mol. The van der Waals surface area contributed by atoms with Gasteiger partial charge >= 0.3 is 5.97 Å². The van der Waals surface area contributed by atoms with E-state index in [2.05, 4.69) is 0 Å². The minimum absolute atomic E-state index is 0.0261. The maximum Gasteiger partial charge on any atom is 0.341 e. The molecule has 0 aromatic carbocycles. The van der Waals surface area contributed by atoms with E-state index < -0.39 is 0 Å². The topological polar surface area (TPSA) is 51.5 Å². The van der Waals surface area contributed by atoms with Crippen LogP contribution in [-0.2, 0) is 4.74 Å². The molecule has 0 unspecified atom stereocenters. The fourth-order valence-electron chi connectivity index (χ4n) is 1.71. The number of rotatable bonds is 4. The van der Waals surface area contributed by atoms with Gasteiger partial charge in [-0.2, -0.15) is 0 Å². The maximum absolute atomic E-state index is 12.0. The number of hydrogen-bond acceptors (Lipinski definition) is 4. The van der Waals surface area contributed by atoms with Crippen LogP contribution in [0.2, 0.25) is 0 Å². The standard InChI is InChI=1S/C13H15NO3S/c1-9-10(2)18-12(14-5-3-4-6-14)11(9)13(16)17-8-7-15/h3-6,15H,7-8H2,1-2H3. The number of carbonyl (C=O) groups excluding carboxylic acids is 1. The minimum Gasteiger partial charge on any atom is -0.460 e. The molecule has 5 heteroatoms. The number of carbonyl (C=O) groups is 1. The normalized spacial score (nSPS) is 10.6. The van der Waals surface area contributed by atoms with Crippen molar-refractivity contribution in [2.24, 2.45) is 0 Å². The van der Waals surface area contributed by atoms with Crippen molar-refractivity contribution in [1.29, 1.82) is 0 Å². The summed E-state index contributed by atoms with van der Waals surface area (Å²) in [5.41, 5.74) is 1.52. The third-order valence-corrected chi connectivity index (χ3v) is 3.95. The molecule has 96 valence electrons. The molecule has 0 bridgehead atoms. The van der Waals surface area contributed by atoms with E-state index in [4.69, 9.17) is 9.84 Å². The number of aliphatic hydroxyl groups is 1. The Morgan fingerprint density at radius 2 is 2.06 bits per heavy atom. The van der Waals surface area contributed by atoms with E-state index in [0.717, 1.165) is 15.4 Å². The summed E-state index contributed by atoms with van der Waals surface area (Å²) in [6.07, 6.45) is 3.79. The molecule has 0 aliphatic carbocycles. The molecule has 0 aliphatic heterocycles. The van der Waals surface area contributed by atoms with Crippen molar-refractivity contribution >= 4 is 17.3 Å². The summed E-state index contributed by atoms with van der Waals surface area (Å²) in [5.74, 6) is -0.380. The highest BCUT2D eigenvalue weighted by molar-refractivity contribution is 7.15. The third-order valence-electron chi connectivity index (χ3n) is 2.73. The van der Waals surface area contributed by atoms with Gasteiger partial charge in [-0.3, -0.25) is 0 Å². The second kappa shape index (κ2) is 5.37. The first-order valence-corrected chi connectivity index (χ1v) is 6.48. The molecule has 18 heavy (non-hydrogen) atoms. The molecule has 1 N–H and O–H groups in total. The Kier molecular flexibility index (Phi) is 3.84. The molecule has 2 aromatic rings. The van der Waals surface area contributed by atoms with Gasteiger partial charge in [-0.15, -0.1) is 11.3 Å². The van der Waals surface area contributed by atoms with Crippen LogP contribution in [0.4, 0.5) is 0 Å². The Morgan fingerprint density at radius 1 is 1.39 bits per heavy atom. The SMILES string of the molecule is Cc1sc(-n2cccc2)c(C(=O)OCCO)c1C. The van der Waals surface area contributed by atoms with Crippen LogP contribution < -0.4 is 0 Å². The Hall–Kier alpha value is -1.59. The van der Waals surface area contributed by atoms with Gasteiger partial charge in [0.2, 0.25) is 0 Å². The molecular formula is C13H15NO3S. The lowest BCUT2D eigenvalue weighted by molar-refractivity contribution is 0.0433. The second-order valence-corrected chi connectivity index (χ2v) is 5.12. The molecule has 0 fully saturated rings. The predicted octanol–water partition coefficient (Wildman–Crippen LogP) is 2.30. The largest absolute Gasteiger partial charge is 0.460 e. The van der Waals surface area contributed by atoms with E-state index in [1.807, 2.05) is 42.9 Å². The van der Waals surface area contributed by atoms with Crippen LogP contribution in [-0.4, -0.2) is 28.9 Å². The van der Waals surface area contributed by atoms with Crippen molar-refractivity contribution in [3.63, 3.8) is 0 Å². The van der Waals surface area contributed by atoms with Crippen molar-refractivity contribution in [2.45, 2.75) is 13.8 Å². The first kappa shape index (κ1) is 12.9. The van der Waals surface area contributed by atoms with Gasteiger partial charge in [0, 0.05) is 17.3 Å². The highest BCUT2D eigenvalue weighted by atomic mass is 32.1. The number of esters is 1. The number of thiophene rings is 1. The minimum atomic E-state index is -0.380. The van der Waals surface area contributed by atoms with Crippen LogP contribution in [0.3, 0.4) is 0 Å². The van der Waals surface area contributed by atoms with E-state index in [1.165, 1.54) is 0 Å². The number of aryl methyl sites for hydroxylation is 1. The van der Waals surface area contributed by atoms with Gasteiger partial charge in [-0.1, -0.05) is 0 Å². The Morgan fingerprint density at radius 3 is 2.67 bits per heavy atom. The van der Waals surface area contributed by atoms with Crippen molar-refractivity contribution < 1.29 is 14.6 Å². The Bertz CT molecular complexity index is 543. The molecule has 0 aliphatic rings. The van der Waals surface area contributed by atoms with Crippen LogP contribution in [0.15, 0.2) is 24.5 Å². The van der Waals surface area contributed by atoms with E-state index in [1.54, 1.807) is 11.3 Å². The second-order valence-electron chi connectivity index (χ2n) is 3.91. The summed E-state index contributed by atoms with van der Waals surface area (Å²) in [5, 5.41) is 9.57. The average molecular weight is 265 g/mol. The number of hydrogen-bond donors (Lipinski definition) is 1. The molecule has 0 radical (unpaired) electrons. The number of nitrogens with zero attached hydrogens (tertiary/aromatic N) is 1. The molecule has 0 saturated carbocycles. The lowest BCUT2D eigenvalue weighted by Crippen LogP contribution is -2.11. The predicted molar refractivity (Wildman–Crippen MR) is 70.5 cm³/mol. The van der Waals surface area contributed by atoms with Crippen molar-refractivity contribution in [3.05, 3.63) is 40.5 Å². The lowest BCUT2D eigenvalue weighted by atomic mass is 10.1. The van der Waals surface area contributed by atoms with Crippen LogP contribution in [0.25, 0.3) is 5.00 Å². The van der Waals surface area contributed by atoms with E-state index in [-0.39, 0.29) is 19.2 Å². The van der Waals surface area contributed by atoms with Crippen LogP contribution in [0, 0.1) is 13.8 Å². The molecule has 2 heterocycles. The quantitative estimate of drug-likeness (QED) is 0.863. The number of aromatic nitrogens is 1. The third kappa shape index (κ3) is 2.32. The van der Waals surface area contributed by atoms with E-state index >= 15 is 0 Å². The zero-order valence-electron chi connectivity index (χ0n) is 10.3. The zero-order chi connectivity index (χ0) is 13.1. The molecule has 4 nitrogen and oxygen atoms in total. The first-order chi connectivity index (χ1) is 8.65. The fourth-order valence-corrected chi connectivity index (χ4v) is 2.82. The van der Waals surface area contributed by atoms with Crippen LogP contribution in [0.1, 0.15) is 20.8 Å². The molecule has 2 rings (SSSR count). The molecule has 2 aromatic heterocycles. The van der Waals surface area contributed by atoms with Gasteiger partial charge in [0.15, 0.2) is 0 Å². The van der Waals surface area contributed by atoms with E-state index in [9.17, 15) is 4.79 Å². The average Bonchev–Trinajstić information content (AvgIpc) is 2.96. The summed E-state index contributed by atoms with van der Waals surface area (Å²) in [6, 6.07) is 3.82. The van der Waals surface area contributed by atoms with Crippen molar-refractivity contribution in [2.75, 3.05) is 13.2 Å². The lowest BCUT2D eigenvalue weighted by Gasteiger charge is -2.06. The maximum atomic E-state index is 12.0. The summed E-state index contributed by atoms with van der Waals surface area (Å²) in [4.78, 5) is 13.1. The molecule has 0 spiro atoms. The first-order valence-electron chi connectivity index (χ1n) is 5.66. The van der Waals surface area contributed by atoms with Gasteiger partial charge in [0.1, 0.15) is 11.6 Å². The van der Waals surface area contributed by atoms with Crippen molar-refractivity contribution in [1.82, 2.24) is 4.57 Å². The summed E-state index contributed by atoms with van der Waals surface area (Å²) in [6.45, 7) is 3.76. The highest BCUT2D eigenvalue weighted by Crippen LogP contribution is 2.31. The van der Waals surface area contributed by atoms with Gasteiger partial charge in [0.05, 0.1) is 12.2 Å². The Balaban J connectivity index is 2.42. The highest BCUT2D eigenvalue weighted by Gasteiger charge is 2.21. The van der Waals surface area contributed by atoms with Crippen LogP contribution in [0.5, 0.6) is 0 Å². The van der Waals surface area contributed by atoms with Gasteiger partial charge in [0.25, 0.3) is 0 Å². The summed E-state index contributed by atoms with van der Waals surface area (Å²) in [7, 11) is 0. The van der Waals surface area contributed by atoms with Gasteiger partial charge in [-0.05, 0) is 31.5 Å². The molecular weight excluding hydrogens is 250 g/mol. The zero-order valence-corrected chi connectivity index (χ0v) is 11.2. The molecule has 0 atom stereocenters. The Labute approximate surface area is 109 Å².